The third kappa shape index (κ3) is 1.45. The van der Waals surface area contributed by atoms with Gasteiger partial charge in [0, 0.05) is 5.39 Å². The zero-order chi connectivity index (χ0) is 10.3. The van der Waals surface area contributed by atoms with Gasteiger partial charge in [-0.3, -0.25) is 0 Å². The van der Waals surface area contributed by atoms with Crippen LogP contribution in [0.2, 0.25) is 0 Å². The number of nitrogens with two attached hydrogens (primary N) is 1. The summed E-state index contributed by atoms with van der Waals surface area (Å²) in [5.74, 6) is 0. The molecule has 0 aliphatic carbocycles. The topological polar surface area (TPSA) is 73.3 Å². The van der Waals surface area contributed by atoms with Crippen LogP contribution in [0.3, 0.4) is 0 Å². The molecule has 1 heterocycles. The molecule has 0 unspecified atom stereocenters. The quantitative estimate of drug-likeness (QED) is 0.863. The van der Waals surface area contributed by atoms with E-state index in [1.54, 1.807) is 24.3 Å². The van der Waals surface area contributed by atoms with E-state index in [1.807, 2.05) is 0 Å². The first-order valence-corrected chi connectivity index (χ1v) is 6.04. The number of rotatable bonds is 1. The van der Waals surface area contributed by atoms with E-state index in [0.29, 0.717) is 15.4 Å². The highest BCUT2D eigenvalue weighted by atomic mass is 79.9. The Labute approximate surface area is 88.9 Å². The van der Waals surface area contributed by atoms with Crippen molar-refractivity contribution in [2.45, 2.75) is 5.09 Å². The van der Waals surface area contributed by atoms with E-state index in [1.165, 1.54) is 0 Å². The molecule has 14 heavy (non-hydrogen) atoms. The Bertz CT molecular complexity index is 588. The van der Waals surface area contributed by atoms with Gasteiger partial charge in [0.05, 0.1) is 4.47 Å². The Kier molecular flexibility index (Phi) is 2.13. The van der Waals surface area contributed by atoms with E-state index in [4.69, 9.17) is 9.56 Å². The van der Waals surface area contributed by atoms with Crippen LogP contribution in [0.5, 0.6) is 0 Å². The van der Waals surface area contributed by atoms with Gasteiger partial charge in [-0.25, -0.2) is 13.6 Å². The number of fused-ring (bicyclic) bond motifs is 1. The van der Waals surface area contributed by atoms with E-state index >= 15 is 0 Å². The number of primary sulfonamides is 1. The molecule has 6 heteroatoms. The first kappa shape index (κ1) is 9.70. The van der Waals surface area contributed by atoms with Gasteiger partial charge in [0.2, 0.25) is 5.09 Å². The predicted octanol–water partition coefficient (Wildman–Crippen LogP) is 1.84. The zero-order valence-electron chi connectivity index (χ0n) is 6.90. The van der Waals surface area contributed by atoms with Crippen molar-refractivity contribution in [3.63, 3.8) is 0 Å². The van der Waals surface area contributed by atoms with Crippen molar-refractivity contribution in [2.24, 2.45) is 5.14 Å². The molecule has 2 rings (SSSR count). The van der Waals surface area contributed by atoms with Crippen molar-refractivity contribution in [2.75, 3.05) is 0 Å². The van der Waals surface area contributed by atoms with Crippen LogP contribution in [-0.4, -0.2) is 8.42 Å². The maximum atomic E-state index is 11.1. The fraction of sp³-hybridized carbons (Fsp3) is 0. The van der Waals surface area contributed by atoms with Crippen molar-refractivity contribution in [1.82, 2.24) is 0 Å². The van der Waals surface area contributed by atoms with E-state index in [-0.39, 0.29) is 5.09 Å². The summed E-state index contributed by atoms with van der Waals surface area (Å²) in [4.78, 5) is 0. The van der Waals surface area contributed by atoms with Gasteiger partial charge in [-0.05, 0) is 28.1 Å². The second-order valence-corrected chi connectivity index (χ2v) is 5.00. The van der Waals surface area contributed by atoms with Crippen molar-refractivity contribution in [1.29, 1.82) is 0 Å². The standard InChI is InChI=1S/C8H6BrNO3S/c9-7-5-3-1-2-4-6(5)13-8(7)14(10,11)12/h1-4H,(H2,10,11,12). The highest BCUT2D eigenvalue weighted by molar-refractivity contribution is 9.10. The molecule has 0 atom stereocenters. The van der Waals surface area contributed by atoms with E-state index in [0.717, 1.165) is 0 Å². The van der Waals surface area contributed by atoms with E-state index in [9.17, 15) is 8.42 Å². The molecule has 0 saturated heterocycles. The Balaban J connectivity index is 2.89. The number of furan rings is 1. The Morgan fingerprint density at radius 3 is 2.50 bits per heavy atom. The summed E-state index contributed by atoms with van der Waals surface area (Å²) < 4.78 is 27.6. The number of sulfonamides is 1. The first-order chi connectivity index (χ1) is 6.50. The molecule has 74 valence electrons. The minimum absolute atomic E-state index is 0.237. The van der Waals surface area contributed by atoms with Crippen LogP contribution in [-0.2, 0) is 10.0 Å². The molecule has 0 radical (unpaired) electrons. The smallest absolute Gasteiger partial charge is 0.272 e. The van der Waals surface area contributed by atoms with Crippen LogP contribution in [0.25, 0.3) is 11.0 Å². The minimum Gasteiger partial charge on any atom is -0.442 e. The maximum absolute atomic E-state index is 11.1. The lowest BCUT2D eigenvalue weighted by molar-refractivity contribution is 0.479. The van der Waals surface area contributed by atoms with Crippen LogP contribution in [0.1, 0.15) is 0 Å². The van der Waals surface area contributed by atoms with Crippen LogP contribution in [0, 0.1) is 0 Å². The molecule has 4 nitrogen and oxygen atoms in total. The van der Waals surface area contributed by atoms with Gasteiger partial charge in [0.25, 0.3) is 10.0 Å². The molecule has 0 bridgehead atoms. The van der Waals surface area contributed by atoms with Crippen molar-refractivity contribution in [3.05, 3.63) is 28.7 Å². The first-order valence-electron chi connectivity index (χ1n) is 3.70. The monoisotopic (exact) mass is 275 g/mol. The number of hydrogen-bond donors (Lipinski definition) is 1. The molecule has 1 aromatic carbocycles. The largest absolute Gasteiger partial charge is 0.442 e. The van der Waals surface area contributed by atoms with Gasteiger partial charge in [-0.15, -0.1) is 0 Å². The van der Waals surface area contributed by atoms with Gasteiger partial charge in [0.1, 0.15) is 5.58 Å². The molecule has 2 N–H and O–H groups in total. The fourth-order valence-corrected chi connectivity index (χ4v) is 2.83. The zero-order valence-corrected chi connectivity index (χ0v) is 9.30. The summed E-state index contributed by atoms with van der Waals surface area (Å²) in [6.45, 7) is 0. The van der Waals surface area contributed by atoms with Crippen LogP contribution < -0.4 is 5.14 Å². The second-order valence-electron chi connectivity index (χ2n) is 2.74. The average Bonchev–Trinajstić information content (AvgIpc) is 2.44. The van der Waals surface area contributed by atoms with Crippen molar-refractivity contribution < 1.29 is 12.8 Å². The number of hydrogen-bond acceptors (Lipinski definition) is 3. The molecule has 0 amide bonds. The van der Waals surface area contributed by atoms with E-state index < -0.39 is 10.0 Å². The number of halogens is 1. The third-order valence-corrected chi connectivity index (χ3v) is 3.62. The Morgan fingerprint density at radius 1 is 1.29 bits per heavy atom. The molecular weight excluding hydrogens is 270 g/mol. The molecule has 1 aromatic heterocycles. The molecular formula is C8H6BrNO3S. The van der Waals surface area contributed by atoms with Gasteiger partial charge in [-0.1, -0.05) is 12.1 Å². The van der Waals surface area contributed by atoms with Gasteiger partial charge < -0.3 is 4.42 Å². The summed E-state index contributed by atoms with van der Waals surface area (Å²) in [5, 5.41) is 5.42. The second kappa shape index (κ2) is 3.08. The van der Waals surface area contributed by atoms with Crippen molar-refractivity contribution >= 4 is 36.9 Å². The minimum atomic E-state index is -3.81. The highest BCUT2D eigenvalue weighted by Crippen LogP contribution is 2.32. The molecule has 0 aliphatic rings. The number of para-hydroxylation sites is 1. The summed E-state index contributed by atoms with van der Waals surface area (Å²) in [5.41, 5.74) is 0.489. The normalized spacial score (nSPS) is 12.1. The molecule has 0 spiro atoms. The lowest BCUT2D eigenvalue weighted by Crippen LogP contribution is -2.11. The third-order valence-electron chi connectivity index (χ3n) is 1.76. The number of benzene rings is 1. The SMILES string of the molecule is NS(=O)(=O)c1oc2ccccc2c1Br. The van der Waals surface area contributed by atoms with Gasteiger partial charge in [-0.2, -0.15) is 0 Å². The van der Waals surface area contributed by atoms with Crippen molar-refractivity contribution in [3.8, 4) is 0 Å². The summed E-state index contributed by atoms with van der Waals surface area (Å²) in [7, 11) is -3.81. The lowest BCUT2D eigenvalue weighted by Gasteiger charge is -1.90. The average molecular weight is 276 g/mol. The van der Waals surface area contributed by atoms with Gasteiger partial charge in [0.15, 0.2) is 0 Å². The van der Waals surface area contributed by atoms with Crippen LogP contribution >= 0.6 is 15.9 Å². The molecule has 0 saturated carbocycles. The highest BCUT2D eigenvalue weighted by Gasteiger charge is 2.20. The van der Waals surface area contributed by atoms with E-state index in [2.05, 4.69) is 15.9 Å². The maximum Gasteiger partial charge on any atom is 0.272 e. The Morgan fingerprint density at radius 2 is 1.93 bits per heavy atom. The van der Waals surface area contributed by atoms with Crippen LogP contribution in [0.4, 0.5) is 0 Å². The lowest BCUT2D eigenvalue weighted by atomic mass is 10.3. The molecule has 0 aliphatic heterocycles. The fourth-order valence-electron chi connectivity index (χ4n) is 1.17. The Hall–Kier alpha value is -0.850. The molecule has 2 aromatic rings. The summed E-state index contributed by atoms with van der Waals surface area (Å²) in [6, 6.07) is 6.97. The predicted molar refractivity (Wildman–Crippen MR) is 55.3 cm³/mol. The summed E-state index contributed by atoms with van der Waals surface area (Å²) in [6.07, 6.45) is 0. The van der Waals surface area contributed by atoms with Crippen LogP contribution in [0.15, 0.2) is 38.2 Å². The summed E-state index contributed by atoms with van der Waals surface area (Å²) >= 11 is 3.13. The molecule has 0 fully saturated rings. The van der Waals surface area contributed by atoms with Gasteiger partial charge >= 0.3 is 0 Å².